The molecule has 17 heavy (non-hydrogen) atoms. The number of likely N-dealkylation sites (N-methyl/N-ethyl adjacent to an activating group) is 2. The maximum absolute atomic E-state index is 3.57. The Morgan fingerprint density at radius 1 is 1.24 bits per heavy atom. The van der Waals surface area contributed by atoms with Gasteiger partial charge in [-0.25, -0.2) is 0 Å². The smallest absolute Gasteiger partial charge is 0.0300 e. The lowest BCUT2D eigenvalue weighted by molar-refractivity contribution is 0.116. The molecule has 0 saturated heterocycles. The van der Waals surface area contributed by atoms with Gasteiger partial charge in [-0.3, -0.25) is 0 Å². The molecule has 2 nitrogen and oxygen atoms in total. The van der Waals surface area contributed by atoms with Crippen LogP contribution in [-0.2, 0) is 0 Å². The number of hydrogen-bond acceptors (Lipinski definition) is 2. The van der Waals surface area contributed by atoms with Crippen LogP contribution >= 0.6 is 0 Å². The SMILES string of the molecule is CNC(CC1CC2CCC1C2)C(C)(C)N(C)C. The van der Waals surface area contributed by atoms with Crippen LogP contribution in [0.5, 0.6) is 0 Å². The molecular formula is C15H30N2. The number of hydrogen-bond donors (Lipinski definition) is 1. The molecule has 2 aliphatic rings. The Hall–Kier alpha value is -0.0800. The average Bonchev–Trinajstić information content (AvgIpc) is 2.86. The van der Waals surface area contributed by atoms with E-state index in [1.165, 1.54) is 32.1 Å². The van der Waals surface area contributed by atoms with Crippen LogP contribution in [0.3, 0.4) is 0 Å². The van der Waals surface area contributed by atoms with Crippen LogP contribution in [0.4, 0.5) is 0 Å². The summed E-state index contributed by atoms with van der Waals surface area (Å²) in [4.78, 5) is 2.36. The fourth-order valence-corrected chi connectivity index (χ4v) is 4.04. The van der Waals surface area contributed by atoms with Crippen molar-refractivity contribution in [3.63, 3.8) is 0 Å². The third-order valence-electron chi connectivity index (χ3n) is 5.78. The van der Waals surface area contributed by atoms with Crippen molar-refractivity contribution >= 4 is 0 Å². The van der Waals surface area contributed by atoms with Gasteiger partial charge in [-0.15, -0.1) is 0 Å². The molecule has 2 saturated carbocycles. The van der Waals surface area contributed by atoms with Crippen LogP contribution < -0.4 is 5.32 Å². The quantitative estimate of drug-likeness (QED) is 0.792. The Morgan fingerprint density at radius 2 is 1.94 bits per heavy atom. The van der Waals surface area contributed by atoms with E-state index >= 15 is 0 Å². The third kappa shape index (κ3) is 2.53. The lowest BCUT2D eigenvalue weighted by Gasteiger charge is -2.42. The van der Waals surface area contributed by atoms with Gasteiger partial charge in [0.05, 0.1) is 0 Å². The van der Waals surface area contributed by atoms with Crippen molar-refractivity contribution in [2.75, 3.05) is 21.1 Å². The number of rotatable bonds is 5. The zero-order valence-electron chi connectivity index (χ0n) is 12.3. The lowest BCUT2D eigenvalue weighted by atomic mass is 9.79. The Labute approximate surface area is 107 Å². The number of fused-ring (bicyclic) bond motifs is 2. The van der Waals surface area contributed by atoms with Gasteiger partial charge in [0.2, 0.25) is 0 Å². The van der Waals surface area contributed by atoms with E-state index in [2.05, 4.69) is 45.2 Å². The minimum atomic E-state index is 0.247. The molecule has 0 amide bonds. The van der Waals surface area contributed by atoms with Gasteiger partial charge in [-0.05, 0) is 78.4 Å². The standard InChI is InChI=1S/C15H30N2/c1-15(2,17(4)5)14(16-3)10-13-9-11-6-7-12(13)8-11/h11-14,16H,6-10H2,1-5H3. The summed E-state index contributed by atoms with van der Waals surface area (Å²) in [5, 5.41) is 3.57. The van der Waals surface area contributed by atoms with E-state index in [0.29, 0.717) is 6.04 Å². The van der Waals surface area contributed by atoms with Crippen molar-refractivity contribution in [2.45, 2.75) is 57.5 Å². The predicted molar refractivity (Wildman–Crippen MR) is 74.2 cm³/mol. The van der Waals surface area contributed by atoms with Crippen molar-refractivity contribution in [3.8, 4) is 0 Å². The van der Waals surface area contributed by atoms with E-state index in [-0.39, 0.29) is 5.54 Å². The van der Waals surface area contributed by atoms with Gasteiger partial charge in [-0.1, -0.05) is 6.42 Å². The summed E-state index contributed by atoms with van der Waals surface area (Å²) >= 11 is 0. The molecule has 0 aromatic rings. The first-order chi connectivity index (χ1) is 7.95. The lowest BCUT2D eigenvalue weighted by Crippen LogP contribution is -2.55. The molecule has 0 spiro atoms. The highest BCUT2D eigenvalue weighted by Crippen LogP contribution is 2.50. The highest BCUT2D eigenvalue weighted by atomic mass is 15.2. The molecule has 2 heteroatoms. The van der Waals surface area contributed by atoms with Crippen LogP contribution in [0.25, 0.3) is 0 Å². The Kier molecular flexibility index (Phi) is 3.84. The maximum Gasteiger partial charge on any atom is 0.0300 e. The Morgan fingerprint density at radius 3 is 2.35 bits per heavy atom. The monoisotopic (exact) mass is 238 g/mol. The van der Waals surface area contributed by atoms with E-state index < -0.39 is 0 Å². The predicted octanol–water partition coefficient (Wildman–Crippen LogP) is 2.74. The number of nitrogens with zero attached hydrogens (tertiary/aromatic N) is 1. The molecule has 1 N–H and O–H groups in total. The molecule has 2 fully saturated rings. The molecule has 2 aliphatic carbocycles. The summed E-state index contributed by atoms with van der Waals surface area (Å²) in [7, 11) is 6.53. The van der Waals surface area contributed by atoms with Crippen molar-refractivity contribution in [1.29, 1.82) is 0 Å². The number of nitrogens with one attached hydrogen (secondary N) is 1. The van der Waals surface area contributed by atoms with Gasteiger partial charge in [0, 0.05) is 11.6 Å². The van der Waals surface area contributed by atoms with Gasteiger partial charge < -0.3 is 10.2 Å². The van der Waals surface area contributed by atoms with Crippen LogP contribution in [0, 0.1) is 17.8 Å². The van der Waals surface area contributed by atoms with Gasteiger partial charge >= 0.3 is 0 Å². The summed E-state index contributed by atoms with van der Waals surface area (Å²) in [5.41, 5.74) is 0.247. The van der Waals surface area contributed by atoms with E-state index in [9.17, 15) is 0 Å². The second kappa shape index (κ2) is 4.89. The van der Waals surface area contributed by atoms with Gasteiger partial charge in [0.25, 0.3) is 0 Å². The minimum absolute atomic E-state index is 0.247. The van der Waals surface area contributed by atoms with Gasteiger partial charge in [0.15, 0.2) is 0 Å². The van der Waals surface area contributed by atoms with Crippen LogP contribution in [0.15, 0.2) is 0 Å². The van der Waals surface area contributed by atoms with Crippen molar-refractivity contribution in [3.05, 3.63) is 0 Å². The molecule has 100 valence electrons. The fraction of sp³-hybridized carbons (Fsp3) is 1.00. The highest BCUT2D eigenvalue weighted by molar-refractivity contribution is 4.97. The second-order valence-electron chi connectivity index (χ2n) is 7.06. The summed E-state index contributed by atoms with van der Waals surface area (Å²) in [5.74, 6) is 3.12. The molecule has 2 bridgehead atoms. The first-order valence-electron chi connectivity index (χ1n) is 7.29. The third-order valence-corrected chi connectivity index (χ3v) is 5.78. The molecule has 4 unspecified atom stereocenters. The highest BCUT2D eigenvalue weighted by Gasteiger charge is 2.42. The van der Waals surface area contributed by atoms with Crippen molar-refractivity contribution in [1.82, 2.24) is 10.2 Å². The summed E-state index contributed by atoms with van der Waals surface area (Å²) in [6, 6.07) is 0.613. The summed E-state index contributed by atoms with van der Waals surface area (Å²) < 4.78 is 0. The molecule has 0 aliphatic heterocycles. The summed E-state index contributed by atoms with van der Waals surface area (Å²) in [6.07, 6.45) is 7.43. The first kappa shape index (κ1) is 13.4. The molecule has 4 atom stereocenters. The Bertz CT molecular complexity index is 260. The largest absolute Gasteiger partial charge is 0.315 e. The van der Waals surface area contributed by atoms with Crippen LogP contribution in [0.2, 0.25) is 0 Å². The fourth-order valence-electron chi connectivity index (χ4n) is 4.04. The van der Waals surface area contributed by atoms with E-state index in [1.807, 2.05) is 0 Å². The van der Waals surface area contributed by atoms with E-state index in [0.717, 1.165) is 17.8 Å². The van der Waals surface area contributed by atoms with E-state index in [1.54, 1.807) is 0 Å². The van der Waals surface area contributed by atoms with Crippen molar-refractivity contribution in [2.24, 2.45) is 17.8 Å². The van der Waals surface area contributed by atoms with Gasteiger partial charge in [0.1, 0.15) is 0 Å². The minimum Gasteiger partial charge on any atom is -0.315 e. The summed E-state index contributed by atoms with van der Waals surface area (Å²) in [6.45, 7) is 4.72. The zero-order valence-corrected chi connectivity index (χ0v) is 12.3. The first-order valence-corrected chi connectivity index (χ1v) is 7.29. The average molecular weight is 238 g/mol. The van der Waals surface area contributed by atoms with Gasteiger partial charge in [-0.2, -0.15) is 0 Å². The van der Waals surface area contributed by atoms with E-state index in [4.69, 9.17) is 0 Å². The zero-order chi connectivity index (χ0) is 12.6. The Balaban J connectivity index is 1.96. The molecule has 0 aromatic heterocycles. The normalized spacial score (nSPS) is 34.6. The molecule has 0 heterocycles. The second-order valence-corrected chi connectivity index (χ2v) is 7.06. The molecule has 0 aromatic carbocycles. The molecule has 0 radical (unpaired) electrons. The molecule has 2 rings (SSSR count). The maximum atomic E-state index is 3.57. The van der Waals surface area contributed by atoms with Crippen LogP contribution in [0.1, 0.15) is 46.0 Å². The topological polar surface area (TPSA) is 15.3 Å². The van der Waals surface area contributed by atoms with Crippen LogP contribution in [-0.4, -0.2) is 37.6 Å². The molecular weight excluding hydrogens is 208 g/mol. The van der Waals surface area contributed by atoms with Crippen molar-refractivity contribution < 1.29 is 0 Å².